The molecule has 31 heavy (non-hydrogen) atoms. The number of amidine groups is 1. The van der Waals surface area contributed by atoms with Crippen molar-refractivity contribution in [3.8, 4) is 11.3 Å². The Hall–Kier alpha value is -3.17. The van der Waals surface area contributed by atoms with Crippen LogP contribution in [-0.2, 0) is 11.2 Å². The quantitative estimate of drug-likeness (QED) is 0.262. The zero-order valence-corrected chi connectivity index (χ0v) is 18.7. The third kappa shape index (κ3) is 4.78. The predicted molar refractivity (Wildman–Crippen MR) is 125 cm³/mol. The fourth-order valence-electron chi connectivity index (χ4n) is 2.93. The highest BCUT2D eigenvalue weighted by Crippen LogP contribution is 2.34. The molecule has 1 saturated heterocycles. The highest BCUT2D eigenvalue weighted by molar-refractivity contribution is 9.10. The Morgan fingerprint density at radius 1 is 1.19 bits per heavy atom. The normalized spacial score (nSPS) is 16.1. The van der Waals surface area contributed by atoms with Gasteiger partial charge in [-0.05, 0) is 70.0 Å². The second-order valence-corrected chi connectivity index (χ2v) is 8.51. The maximum Gasteiger partial charge on any atom is 0.270 e. The van der Waals surface area contributed by atoms with Crippen molar-refractivity contribution < 1.29 is 14.1 Å². The van der Waals surface area contributed by atoms with E-state index >= 15 is 0 Å². The number of carbonyl (C=O) groups is 1. The van der Waals surface area contributed by atoms with Crippen LogP contribution in [-0.4, -0.2) is 16.0 Å². The minimum absolute atomic E-state index is 0.0142. The second kappa shape index (κ2) is 8.91. The van der Waals surface area contributed by atoms with Crippen molar-refractivity contribution in [1.82, 2.24) is 5.32 Å². The Bertz CT molecular complexity index is 1230. The molecule has 1 aliphatic heterocycles. The lowest BCUT2D eigenvalue weighted by molar-refractivity contribution is -0.384. The van der Waals surface area contributed by atoms with Crippen LogP contribution in [0.3, 0.4) is 0 Å². The summed E-state index contributed by atoms with van der Waals surface area (Å²) in [5, 5.41) is 14.2. The summed E-state index contributed by atoms with van der Waals surface area (Å²) in [6.07, 6.45) is 2.60. The van der Waals surface area contributed by atoms with Gasteiger partial charge in [0.2, 0.25) is 0 Å². The highest BCUT2D eigenvalue weighted by atomic mass is 79.9. The van der Waals surface area contributed by atoms with Gasteiger partial charge < -0.3 is 9.73 Å². The van der Waals surface area contributed by atoms with Gasteiger partial charge in [-0.15, -0.1) is 0 Å². The number of furan rings is 1. The Morgan fingerprint density at radius 3 is 2.65 bits per heavy atom. The van der Waals surface area contributed by atoms with Gasteiger partial charge in [-0.2, -0.15) is 0 Å². The van der Waals surface area contributed by atoms with E-state index in [1.807, 2.05) is 24.3 Å². The minimum Gasteiger partial charge on any atom is -0.457 e. The molecule has 3 aromatic rings. The Labute approximate surface area is 190 Å². The van der Waals surface area contributed by atoms with Crippen molar-refractivity contribution in [2.24, 2.45) is 4.99 Å². The van der Waals surface area contributed by atoms with Gasteiger partial charge in [-0.1, -0.05) is 19.1 Å². The lowest BCUT2D eigenvalue weighted by atomic mass is 10.1. The number of carbonyl (C=O) groups excluding carboxylic acids is 1. The Kier molecular flexibility index (Phi) is 6.06. The van der Waals surface area contributed by atoms with Crippen LogP contribution in [0.1, 0.15) is 18.2 Å². The fourth-order valence-corrected chi connectivity index (χ4v) is 4.31. The number of thioether (sulfide) groups is 1. The summed E-state index contributed by atoms with van der Waals surface area (Å²) >= 11 is 4.58. The van der Waals surface area contributed by atoms with Crippen molar-refractivity contribution in [1.29, 1.82) is 0 Å². The fraction of sp³-hybridized carbons (Fsp3) is 0.0909. The van der Waals surface area contributed by atoms with Gasteiger partial charge in [0, 0.05) is 28.2 Å². The SMILES string of the molecule is CCc1ccc(N=C2NC(=O)/C(=C\c3ccc(-c4ccc([N+](=O)[O-])cc4Br)o3)S2)cc1. The molecule has 0 atom stereocenters. The molecular weight excluding hydrogens is 482 g/mol. The average molecular weight is 498 g/mol. The molecule has 1 aromatic heterocycles. The van der Waals surface area contributed by atoms with Crippen LogP contribution in [0, 0.1) is 10.1 Å². The second-order valence-electron chi connectivity index (χ2n) is 6.63. The topological polar surface area (TPSA) is 97.7 Å². The minimum atomic E-state index is -0.459. The zero-order chi connectivity index (χ0) is 22.0. The van der Waals surface area contributed by atoms with E-state index in [1.165, 1.54) is 29.5 Å². The van der Waals surface area contributed by atoms with Crippen LogP contribution in [0.5, 0.6) is 0 Å². The van der Waals surface area contributed by atoms with Crippen LogP contribution in [0.25, 0.3) is 17.4 Å². The zero-order valence-electron chi connectivity index (χ0n) is 16.3. The Morgan fingerprint density at radius 2 is 1.97 bits per heavy atom. The number of non-ortho nitro benzene ring substituents is 1. The molecule has 0 aliphatic carbocycles. The molecule has 0 unspecified atom stereocenters. The smallest absolute Gasteiger partial charge is 0.270 e. The molecule has 9 heteroatoms. The number of aliphatic imine (C=N–C) groups is 1. The molecule has 0 saturated carbocycles. The van der Waals surface area contributed by atoms with Crippen molar-refractivity contribution >= 4 is 56.2 Å². The Balaban J connectivity index is 1.53. The maximum atomic E-state index is 12.3. The van der Waals surface area contributed by atoms with Gasteiger partial charge in [-0.3, -0.25) is 14.9 Å². The van der Waals surface area contributed by atoms with Crippen molar-refractivity contribution in [2.45, 2.75) is 13.3 Å². The van der Waals surface area contributed by atoms with Crippen LogP contribution in [0.4, 0.5) is 11.4 Å². The van der Waals surface area contributed by atoms with Gasteiger partial charge >= 0.3 is 0 Å². The summed E-state index contributed by atoms with van der Waals surface area (Å²) in [5.41, 5.74) is 2.65. The molecule has 4 rings (SSSR count). The summed E-state index contributed by atoms with van der Waals surface area (Å²) in [6.45, 7) is 2.09. The third-order valence-corrected chi connectivity index (χ3v) is 6.12. The number of nitro benzene ring substituents is 1. The summed E-state index contributed by atoms with van der Waals surface area (Å²) in [5.74, 6) is 0.775. The number of nitrogens with one attached hydrogen (secondary N) is 1. The van der Waals surface area contributed by atoms with Crippen LogP contribution in [0.15, 0.2) is 73.4 Å². The molecule has 0 spiro atoms. The summed E-state index contributed by atoms with van der Waals surface area (Å²) in [7, 11) is 0. The van der Waals surface area contributed by atoms with Crippen LogP contribution in [0.2, 0.25) is 0 Å². The highest BCUT2D eigenvalue weighted by Gasteiger charge is 2.24. The van der Waals surface area contributed by atoms with E-state index in [4.69, 9.17) is 4.42 Å². The van der Waals surface area contributed by atoms with Crippen LogP contribution >= 0.6 is 27.7 Å². The maximum absolute atomic E-state index is 12.3. The van der Waals surface area contributed by atoms with E-state index < -0.39 is 4.92 Å². The first-order valence-corrected chi connectivity index (χ1v) is 11.0. The van der Waals surface area contributed by atoms with Gasteiger partial charge in [0.25, 0.3) is 11.6 Å². The van der Waals surface area contributed by atoms with Crippen molar-refractivity contribution in [3.05, 3.63) is 85.4 Å². The van der Waals surface area contributed by atoms with E-state index in [-0.39, 0.29) is 11.6 Å². The van der Waals surface area contributed by atoms with Gasteiger partial charge in [0.05, 0.1) is 15.5 Å². The number of halogens is 1. The van der Waals surface area contributed by atoms with E-state index in [0.717, 1.165) is 12.1 Å². The monoisotopic (exact) mass is 497 g/mol. The van der Waals surface area contributed by atoms with E-state index in [9.17, 15) is 14.9 Å². The lowest BCUT2D eigenvalue weighted by Crippen LogP contribution is -2.19. The average Bonchev–Trinajstić information content (AvgIpc) is 3.35. The first kappa shape index (κ1) is 21.1. The molecule has 7 nitrogen and oxygen atoms in total. The van der Waals surface area contributed by atoms with E-state index in [1.54, 1.807) is 24.3 Å². The number of hydrogen-bond acceptors (Lipinski definition) is 6. The number of hydrogen-bond donors (Lipinski definition) is 1. The van der Waals surface area contributed by atoms with E-state index in [0.29, 0.717) is 31.6 Å². The first-order chi connectivity index (χ1) is 14.9. The van der Waals surface area contributed by atoms with Crippen molar-refractivity contribution in [3.63, 3.8) is 0 Å². The van der Waals surface area contributed by atoms with E-state index in [2.05, 4.69) is 33.2 Å². The van der Waals surface area contributed by atoms with Crippen molar-refractivity contribution in [2.75, 3.05) is 0 Å². The molecule has 0 radical (unpaired) electrons. The predicted octanol–water partition coefficient (Wildman–Crippen LogP) is 6.07. The molecule has 1 N–H and O–H groups in total. The lowest BCUT2D eigenvalue weighted by Gasteiger charge is -2.00. The van der Waals surface area contributed by atoms with Gasteiger partial charge in [0.15, 0.2) is 5.17 Å². The number of amides is 1. The molecule has 2 aromatic carbocycles. The standard InChI is InChI=1S/C22H16BrN3O4S/c1-2-13-3-5-14(6-4-13)24-22-25-21(27)20(31-22)12-16-8-10-19(30-16)17-9-7-15(26(28)29)11-18(17)23/h3-12H,2H2,1H3,(H,24,25,27)/b20-12+. The molecule has 2 heterocycles. The molecule has 1 amide bonds. The number of rotatable bonds is 5. The summed E-state index contributed by atoms with van der Waals surface area (Å²) in [4.78, 5) is 27.7. The van der Waals surface area contributed by atoms with Gasteiger partial charge in [0.1, 0.15) is 11.5 Å². The molecule has 156 valence electrons. The molecule has 1 fully saturated rings. The van der Waals surface area contributed by atoms with Crippen LogP contribution < -0.4 is 5.32 Å². The summed E-state index contributed by atoms with van der Waals surface area (Å²) in [6, 6.07) is 15.8. The molecular formula is C22H16BrN3O4S. The summed E-state index contributed by atoms with van der Waals surface area (Å²) < 4.78 is 6.38. The molecule has 1 aliphatic rings. The van der Waals surface area contributed by atoms with Gasteiger partial charge in [-0.25, -0.2) is 4.99 Å². The molecule has 0 bridgehead atoms. The first-order valence-electron chi connectivity index (χ1n) is 9.35. The third-order valence-electron chi connectivity index (χ3n) is 4.56. The number of benzene rings is 2. The largest absolute Gasteiger partial charge is 0.457 e. The number of nitrogens with zero attached hydrogens (tertiary/aromatic N) is 2. The number of aryl methyl sites for hydroxylation is 1. The number of nitro groups is 1.